The first-order chi connectivity index (χ1) is 51.3. The molecule has 2 fully saturated rings. The summed E-state index contributed by atoms with van der Waals surface area (Å²) < 4.78 is 0. The number of carbonyl (C=O) groups is 19. The summed E-state index contributed by atoms with van der Waals surface area (Å²) in [6.07, 6.45) is -2.74. The van der Waals surface area contributed by atoms with Crippen LogP contribution in [0.1, 0.15) is 186 Å². The van der Waals surface area contributed by atoms with E-state index in [1.807, 2.05) is 0 Å². The van der Waals surface area contributed by atoms with Crippen molar-refractivity contribution < 1.29 is 112 Å². The molecule has 14 atom stereocenters. The Morgan fingerprint density at radius 2 is 0.809 bits per heavy atom. The lowest BCUT2D eigenvalue weighted by Gasteiger charge is -2.33. The van der Waals surface area contributed by atoms with Crippen LogP contribution in [0.4, 0.5) is 0 Å². The van der Waals surface area contributed by atoms with E-state index >= 15 is 0 Å². The Kier molecular flexibility index (Phi) is 41.0. The Labute approximate surface area is 638 Å². The van der Waals surface area contributed by atoms with Crippen LogP contribution >= 0.6 is 0 Å². The highest BCUT2D eigenvalue weighted by Gasteiger charge is 2.44. The zero-order valence-electron chi connectivity index (χ0n) is 64.8. The van der Waals surface area contributed by atoms with Crippen molar-refractivity contribution in [2.24, 2.45) is 46.8 Å². The lowest BCUT2D eigenvalue weighted by Crippen LogP contribution is -2.61. The van der Waals surface area contributed by atoms with Crippen molar-refractivity contribution in [1.29, 1.82) is 0 Å². The summed E-state index contributed by atoms with van der Waals surface area (Å²) in [5.41, 5.74) is 17.0. The highest BCUT2D eigenvalue weighted by molar-refractivity contribution is 6.01. The van der Waals surface area contributed by atoms with Gasteiger partial charge in [-0.15, -0.1) is 0 Å². The third-order valence-corrected chi connectivity index (χ3v) is 17.9. The molecule has 0 aliphatic carbocycles. The molecule has 0 aromatic rings. The van der Waals surface area contributed by atoms with E-state index in [-0.39, 0.29) is 88.8 Å². The van der Waals surface area contributed by atoms with Crippen LogP contribution in [0.25, 0.3) is 0 Å². The Balaban J connectivity index is 2.37. The van der Waals surface area contributed by atoms with Crippen LogP contribution < -0.4 is 81.0 Å². The average Bonchev–Trinajstić information content (AvgIpc) is 1.62. The number of rotatable bonds is 49. The highest BCUT2D eigenvalue weighted by Crippen LogP contribution is 2.25. The van der Waals surface area contributed by atoms with E-state index in [1.54, 1.807) is 69.2 Å². The molecule has 0 aromatic carbocycles. The third-order valence-electron chi connectivity index (χ3n) is 17.9. The normalized spacial score (nSPS) is 17.4. The molecule has 0 spiro atoms. The molecule has 22 N–H and O–H groups in total. The van der Waals surface area contributed by atoms with Crippen LogP contribution in [0, 0.1) is 29.6 Å². The molecule has 0 radical (unpaired) electrons. The van der Waals surface area contributed by atoms with Gasteiger partial charge in [-0.2, -0.15) is 0 Å². The largest absolute Gasteiger partial charge is 0.481 e. The number of hydrogen-bond donors (Lipinski definition) is 19. The number of nitrogens with two attached hydrogens (primary N) is 3. The second-order valence-electron chi connectivity index (χ2n) is 29.8. The van der Waals surface area contributed by atoms with Gasteiger partial charge in [-0.1, -0.05) is 69.2 Å². The van der Waals surface area contributed by atoms with Gasteiger partial charge < -0.3 is 111 Å². The molecule has 2 rings (SSSR count). The average molecular weight is 1560 g/mol. The quantitative estimate of drug-likeness (QED) is 0.0255. The number of nitrogens with one attached hydrogen (secondary N) is 12. The predicted octanol–water partition coefficient (Wildman–Crippen LogP) is -4.47. The molecule has 0 unspecified atom stereocenters. The fourth-order valence-corrected chi connectivity index (χ4v) is 12.1. The van der Waals surface area contributed by atoms with Crippen molar-refractivity contribution in [2.45, 2.75) is 270 Å². The Bertz CT molecular complexity index is 3280. The number of hydrogen-bond acceptors (Lipinski definition) is 21. The summed E-state index contributed by atoms with van der Waals surface area (Å²) in [5.74, 6) is -21.8. The van der Waals surface area contributed by atoms with E-state index in [4.69, 9.17) is 22.3 Å². The topological polar surface area (TPSA) is 634 Å². The summed E-state index contributed by atoms with van der Waals surface area (Å²) in [6, 6.07) is -20.1. The monoisotopic (exact) mass is 1560 g/mol. The molecular formula is C70H117N17O23. The maximum absolute atomic E-state index is 14.5. The standard InChI is InChI=1S/C70H117N17O23/c1-33(2)27-43(62(101)83-47(70(109)110)31-54(94)95)76-51(89)32-74-58(97)39(12)75-61(100)44(28-34(3)4)80-63(102)46(30-53(92)93)81-60(99)41(20-22-50(73)88)77-59(98)40(17-13-14-24-71)78-67(106)55(36(7)8)84-64(103)45(29-35(5)6)82-65(104)48-18-16-26-87(48)69(108)56(37(9)10)85-66(105)49-19-15-25-86(49)68(107)42(21-23-52(90)91)79-57(96)38(11)72/h33-49,55-56H,13-32,71-72H2,1-12H3,(H2,73,88)(H,74,97)(H,75,100)(H,76,89)(H,77,98)(H,78,106)(H,79,96)(H,80,102)(H,81,99)(H,82,104)(H,83,101)(H,84,103)(H,85,105)(H,90,91)(H,92,93)(H,94,95)(H,109,110)/t38-,39-,40-,41-,42-,43-,44-,45-,46-,47-,48-,49-,55-,56-/m0/s1. The second-order valence-corrected chi connectivity index (χ2v) is 29.8. The zero-order valence-corrected chi connectivity index (χ0v) is 64.8. The molecule has 0 aromatic heterocycles. The van der Waals surface area contributed by atoms with E-state index in [0.717, 1.165) is 0 Å². The summed E-state index contributed by atoms with van der Waals surface area (Å²) in [5, 5.41) is 67.3. The predicted molar refractivity (Wildman–Crippen MR) is 391 cm³/mol. The number of aliphatic carboxylic acids is 4. The lowest BCUT2D eigenvalue weighted by molar-refractivity contribution is -0.147. The second kappa shape index (κ2) is 47.0. The molecule has 110 heavy (non-hydrogen) atoms. The van der Waals surface area contributed by atoms with Crippen LogP contribution in [-0.2, 0) is 91.1 Å². The van der Waals surface area contributed by atoms with Gasteiger partial charge in [0.2, 0.25) is 88.6 Å². The van der Waals surface area contributed by atoms with Crippen LogP contribution in [0.2, 0.25) is 0 Å². The minimum atomic E-state index is -2.00. The van der Waals surface area contributed by atoms with Gasteiger partial charge in [-0.05, 0) is 127 Å². The maximum atomic E-state index is 14.5. The van der Waals surface area contributed by atoms with Gasteiger partial charge in [0.15, 0.2) is 0 Å². The molecule has 2 saturated heterocycles. The van der Waals surface area contributed by atoms with E-state index in [2.05, 4.69) is 63.8 Å². The number of primary amides is 1. The Hall–Kier alpha value is -10.2. The maximum Gasteiger partial charge on any atom is 0.326 e. The highest BCUT2D eigenvalue weighted by atomic mass is 16.4. The van der Waals surface area contributed by atoms with Crippen LogP contribution in [0.3, 0.4) is 0 Å². The van der Waals surface area contributed by atoms with Crippen molar-refractivity contribution in [3.05, 3.63) is 0 Å². The van der Waals surface area contributed by atoms with Gasteiger partial charge >= 0.3 is 23.9 Å². The number of carboxylic acids is 4. The van der Waals surface area contributed by atoms with Gasteiger partial charge in [0, 0.05) is 25.9 Å². The summed E-state index contributed by atoms with van der Waals surface area (Å²) >= 11 is 0. The zero-order chi connectivity index (χ0) is 83.7. The smallest absolute Gasteiger partial charge is 0.326 e. The minimum absolute atomic E-state index is 0.0144. The first-order valence-corrected chi connectivity index (χ1v) is 37.1. The van der Waals surface area contributed by atoms with Crippen LogP contribution in [0.5, 0.6) is 0 Å². The fourth-order valence-electron chi connectivity index (χ4n) is 12.1. The first kappa shape index (κ1) is 95.9. The number of carbonyl (C=O) groups excluding carboxylic acids is 15. The van der Waals surface area contributed by atoms with Crippen molar-refractivity contribution in [3.63, 3.8) is 0 Å². The van der Waals surface area contributed by atoms with Gasteiger partial charge in [-0.25, -0.2) is 4.79 Å². The fraction of sp³-hybridized carbons (Fsp3) is 0.729. The van der Waals surface area contributed by atoms with Crippen molar-refractivity contribution in [1.82, 2.24) is 73.6 Å². The Morgan fingerprint density at radius 1 is 0.400 bits per heavy atom. The summed E-state index contributed by atoms with van der Waals surface area (Å²) in [6.45, 7) is 18.8. The van der Waals surface area contributed by atoms with E-state index in [9.17, 15) is 106 Å². The molecule has 620 valence electrons. The van der Waals surface area contributed by atoms with Crippen LogP contribution in [-0.4, -0.2) is 253 Å². The third kappa shape index (κ3) is 33.4. The van der Waals surface area contributed by atoms with E-state index < -0.39 is 248 Å². The molecule has 40 nitrogen and oxygen atoms in total. The SMILES string of the molecule is CC(C)C[C@H](NC(=O)CNC(=O)[C@H](C)NC(=O)[C@H](CC(C)C)NC(=O)[C@H](CC(=O)O)NC(=O)[C@H](CCC(N)=O)NC(=O)[C@H](CCCCN)NC(=O)[C@@H](NC(=O)[C@H](CC(C)C)NC(=O)[C@@H]1CCCN1C(=O)[C@@H](NC(=O)[C@@H]1CCCN1C(=O)[C@H](CCC(=O)O)NC(=O)[C@H](C)N)C(C)C)C(C)C)C(=O)N[C@@H](CC(=O)O)C(=O)O. The molecule has 0 saturated carbocycles. The number of amides is 15. The lowest BCUT2D eigenvalue weighted by atomic mass is 9.98. The molecule has 2 heterocycles. The van der Waals surface area contributed by atoms with Crippen molar-refractivity contribution >= 4 is 112 Å². The Morgan fingerprint density at radius 3 is 1.29 bits per heavy atom. The van der Waals surface area contributed by atoms with Crippen LogP contribution in [0.15, 0.2) is 0 Å². The number of carboxylic acid groups (broad SMARTS) is 4. The number of unbranched alkanes of at least 4 members (excludes halogenated alkanes) is 1. The minimum Gasteiger partial charge on any atom is -0.481 e. The van der Waals surface area contributed by atoms with E-state index in [0.29, 0.717) is 19.3 Å². The summed E-state index contributed by atoms with van der Waals surface area (Å²) in [7, 11) is 0. The van der Waals surface area contributed by atoms with Crippen molar-refractivity contribution in [2.75, 3.05) is 26.2 Å². The molecule has 0 bridgehead atoms. The number of likely N-dealkylation sites (tertiary alicyclic amines) is 2. The number of nitrogens with zero attached hydrogens (tertiary/aromatic N) is 2. The van der Waals surface area contributed by atoms with Gasteiger partial charge in [-0.3, -0.25) is 86.3 Å². The van der Waals surface area contributed by atoms with Gasteiger partial charge in [0.05, 0.1) is 25.4 Å². The molecule has 40 heteroatoms. The molecule has 2 aliphatic heterocycles. The first-order valence-electron chi connectivity index (χ1n) is 37.1. The molecule has 15 amide bonds. The summed E-state index contributed by atoms with van der Waals surface area (Å²) in [4.78, 5) is 256. The molecular weight excluding hydrogens is 1450 g/mol. The van der Waals surface area contributed by atoms with Gasteiger partial charge in [0.1, 0.15) is 78.5 Å². The van der Waals surface area contributed by atoms with Gasteiger partial charge in [0.25, 0.3) is 0 Å². The molecule has 2 aliphatic rings. The van der Waals surface area contributed by atoms with Crippen molar-refractivity contribution in [3.8, 4) is 0 Å². The van der Waals surface area contributed by atoms with E-state index in [1.165, 1.54) is 23.6 Å².